The third kappa shape index (κ3) is 3.97. The van der Waals surface area contributed by atoms with Crippen LogP contribution in [-0.2, 0) is 0 Å². The number of carbonyl (C=O) groups excluding carboxylic acids is 1. The molecule has 1 fully saturated rings. The number of para-hydroxylation sites is 1. The molecule has 0 radical (unpaired) electrons. The Hall–Kier alpha value is -2.99. The van der Waals surface area contributed by atoms with Crippen LogP contribution in [0.25, 0.3) is 0 Å². The molecule has 5 nitrogen and oxygen atoms in total. The van der Waals surface area contributed by atoms with E-state index in [0.29, 0.717) is 11.7 Å². The molecule has 1 aliphatic rings. The largest absolute Gasteiger partial charge is 0.434 e. The van der Waals surface area contributed by atoms with Crippen LogP contribution in [-0.4, -0.2) is 16.2 Å². The fourth-order valence-corrected chi connectivity index (χ4v) is 2.99. The Labute approximate surface area is 166 Å². The Kier molecular flexibility index (Phi) is 4.96. The number of carbonyl (C=O) groups is 1. The number of nitrogens with zero attached hydrogens (tertiary/aromatic N) is 2. The molecule has 0 atom stereocenters. The number of hydrogen-bond donors (Lipinski definition) is 0. The van der Waals surface area contributed by atoms with E-state index in [-0.39, 0.29) is 22.3 Å². The number of ether oxygens (including phenoxy) is 2. The summed E-state index contributed by atoms with van der Waals surface area (Å²) < 4.78 is 24.5. The lowest BCUT2D eigenvalue weighted by atomic mass is 10.1. The summed E-state index contributed by atoms with van der Waals surface area (Å²) in [5, 5.41) is 7.81. The second kappa shape index (κ2) is 7.56. The topological polar surface area (TPSA) is 61.3 Å². The summed E-state index contributed by atoms with van der Waals surface area (Å²) in [6.45, 7) is 1.94. The first-order valence-electron chi connectivity index (χ1n) is 8.79. The molecule has 0 bridgehead atoms. The van der Waals surface area contributed by atoms with E-state index in [9.17, 15) is 9.18 Å². The molecule has 0 N–H and O–H groups in total. The zero-order valence-corrected chi connectivity index (χ0v) is 15.7. The molecule has 1 heterocycles. The molecule has 0 unspecified atom stereocenters. The monoisotopic (exact) mass is 398 g/mol. The molecular weight excluding hydrogens is 383 g/mol. The third-order valence-electron chi connectivity index (χ3n) is 4.44. The van der Waals surface area contributed by atoms with Gasteiger partial charge in [0.1, 0.15) is 11.6 Å². The number of benzene rings is 2. The van der Waals surface area contributed by atoms with E-state index in [1.165, 1.54) is 30.3 Å². The summed E-state index contributed by atoms with van der Waals surface area (Å²) >= 11 is 5.92. The Balaban J connectivity index is 1.64. The number of aryl methyl sites for hydroxylation is 1. The summed E-state index contributed by atoms with van der Waals surface area (Å²) in [5.41, 5.74) is 2.22. The van der Waals surface area contributed by atoms with Gasteiger partial charge in [-0.2, -0.15) is 0 Å². The number of hydrogen-bond acceptors (Lipinski definition) is 5. The highest BCUT2D eigenvalue weighted by Crippen LogP contribution is 2.46. The van der Waals surface area contributed by atoms with Crippen LogP contribution >= 0.6 is 11.6 Å². The summed E-state index contributed by atoms with van der Waals surface area (Å²) in [5.74, 6) is 0.0962. The highest BCUT2D eigenvalue weighted by molar-refractivity contribution is 6.29. The summed E-state index contributed by atoms with van der Waals surface area (Å²) in [6.07, 6.45) is 2.22. The van der Waals surface area contributed by atoms with Gasteiger partial charge in [-0.05, 0) is 61.1 Å². The average molecular weight is 399 g/mol. The van der Waals surface area contributed by atoms with Crippen molar-refractivity contribution in [3.05, 3.63) is 76.2 Å². The Bertz CT molecular complexity index is 1040. The van der Waals surface area contributed by atoms with Crippen molar-refractivity contribution in [2.45, 2.75) is 25.7 Å². The standard InChI is InChI=1S/C21H16ClFN2O3/c1-12-3-2-4-16(13-5-6-13)19(12)28-20-17(11-18(22)24-25-20)27-21(26)14-7-9-15(23)10-8-14/h2-4,7-11,13H,5-6H2,1H3. The van der Waals surface area contributed by atoms with Crippen LogP contribution < -0.4 is 9.47 Å². The maximum Gasteiger partial charge on any atom is 0.343 e. The van der Waals surface area contributed by atoms with Crippen molar-refractivity contribution in [3.63, 3.8) is 0 Å². The van der Waals surface area contributed by atoms with Crippen molar-refractivity contribution in [2.75, 3.05) is 0 Å². The molecule has 28 heavy (non-hydrogen) atoms. The molecule has 3 aromatic rings. The molecule has 7 heteroatoms. The minimum absolute atomic E-state index is 0.0380. The van der Waals surface area contributed by atoms with E-state index in [2.05, 4.69) is 10.2 Å². The number of rotatable bonds is 5. The van der Waals surface area contributed by atoms with E-state index >= 15 is 0 Å². The van der Waals surface area contributed by atoms with Crippen LogP contribution in [0, 0.1) is 12.7 Å². The highest BCUT2D eigenvalue weighted by Gasteiger charge is 2.28. The van der Waals surface area contributed by atoms with Gasteiger partial charge in [-0.1, -0.05) is 29.8 Å². The highest BCUT2D eigenvalue weighted by atomic mass is 35.5. The Morgan fingerprint density at radius 3 is 2.61 bits per heavy atom. The molecule has 1 aliphatic carbocycles. The summed E-state index contributed by atoms with van der Waals surface area (Å²) in [7, 11) is 0. The molecule has 2 aromatic carbocycles. The van der Waals surface area contributed by atoms with Gasteiger partial charge in [0.05, 0.1) is 5.56 Å². The van der Waals surface area contributed by atoms with Crippen LogP contribution in [0.2, 0.25) is 5.15 Å². The lowest BCUT2D eigenvalue weighted by Gasteiger charge is -2.14. The summed E-state index contributed by atoms with van der Waals surface area (Å²) in [4.78, 5) is 12.4. The second-order valence-corrected chi connectivity index (χ2v) is 6.99. The maximum absolute atomic E-state index is 13.1. The van der Waals surface area contributed by atoms with Crippen LogP contribution in [0.1, 0.15) is 40.2 Å². The van der Waals surface area contributed by atoms with Gasteiger partial charge < -0.3 is 9.47 Å². The van der Waals surface area contributed by atoms with E-state index in [0.717, 1.165) is 24.0 Å². The fourth-order valence-electron chi connectivity index (χ4n) is 2.86. The fraction of sp³-hybridized carbons (Fsp3) is 0.190. The minimum Gasteiger partial charge on any atom is -0.434 e. The van der Waals surface area contributed by atoms with Crippen LogP contribution in [0.3, 0.4) is 0 Å². The van der Waals surface area contributed by atoms with Crippen molar-refractivity contribution in [2.24, 2.45) is 0 Å². The van der Waals surface area contributed by atoms with Crippen LogP contribution in [0.4, 0.5) is 4.39 Å². The van der Waals surface area contributed by atoms with E-state index in [1.807, 2.05) is 25.1 Å². The van der Waals surface area contributed by atoms with Gasteiger partial charge in [-0.15, -0.1) is 10.2 Å². The SMILES string of the molecule is Cc1cccc(C2CC2)c1Oc1nnc(Cl)cc1OC(=O)c1ccc(F)cc1. The maximum atomic E-state index is 13.1. The average Bonchev–Trinajstić information content (AvgIpc) is 3.51. The van der Waals surface area contributed by atoms with Gasteiger partial charge in [0, 0.05) is 6.07 Å². The van der Waals surface area contributed by atoms with Crippen LogP contribution in [0.5, 0.6) is 17.4 Å². The van der Waals surface area contributed by atoms with E-state index in [1.54, 1.807) is 0 Å². The number of halogens is 2. The quantitative estimate of drug-likeness (QED) is 0.533. The molecule has 142 valence electrons. The number of esters is 1. The summed E-state index contributed by atoms with van der Waals surface area (Å²) in [6, 6.07) is 12.3. The lowest BCUT2D eigenvalue weighted by Crippen LogP contribution is -2.10. The van der Waals surface area contributed by atoms with Crippen molar-refractivity contribution in [1.82, 2.24) is 10.2 Å². The zero-order valence-electron chi connectivity index (χ0n) is 15.0. The molecule has 0 spiro atoms. The predicted molar refractivity (Wildman–Crippen MR) is 102 cm³/mol. The van der Waals surface area contributed by atoms with Crippen LogP contribution in [0.15, 0.2) is 48.5 Å². The first-order chi connectivity index (χ1) is 13.5. The van der Waals surface area contributed by atoms with E-state index < -0.39 is 11.8 Å². The molecule has 4 rings (SSSR count). The minimum atomic E-state index is -0.680. The first kappa shape index (κ1) is 18.4. The van der Waals surface area contributed by atoms with Crippen molar-refractivity contribution < 1.29 is 18.7 Å². The van der Waals surface area contributed by atoms with Gasteiger partial charge in [0.15, 0.2) is 10.9 Å². The molecule has 0 saturated heterocycles. The van der Waals surface area contributed by atoms with Gasteiger partial charge in [0.2, 0.25) is 0 Å². The van der Waals surface area contributed by atoms with Crippen molar-refractivity contribution in [1.29, 1.82) is 0 Å². The Morgan fingerprint density at radius 1 is 1.14 bits per heavy atom. The van der Waals surface area contributed by atoms with Crippen molar-refractivity contribution in [3.8, 4) is 17.4 Å². The van der Waals surface area contributed by atoms with Gasteiger partial charge in [-0.3, -0.25) is 0 Å². The molecule has 0 aliphatic heterocycles. The van der Waals surface area contributed by atoms with Gasteiger partial charge >= 0.3 is 5.97 Å². The van der Waals surface area contributed by atoms with Crippen molar-refractivity contribution >= 4 is 17.6 Å². The van der Waals surface area contributed by atoms with Gasteiger partial charge in [0.25, 0.3) is 5.88 Å². The zero-order chi connectivity index (χ0) is 19.7. The molecule has 1 aromatic heterocycles. The third-order valence-corrected chi connectivity index (χ3v) is 4.62. The smallest absolute Gasteiger partial charge is 0.343 e. The molecule has 0 amide bonds. The normalized spacial score (nSPS) is 13.2. The predicted octanol–water partition coefficient (Wildman–Crippen LogP) is 5.47. The molecule has 1 saturated carbocycles. The number of aromatic nitrogens is 2. The van der Waals surface area contributed by atoms with Gasteiger partial charge in [-0.25, -0.2) is 9.18 Å². The molecular formula is C21H16ClFN2O3. The van der Waals surface area contributed by atoms with E-state index in [4.69, 9.17) is 21.1 Å². The first-order valence-corrected chi connectivity index (χ1v) is 9.17. The second-order valence-electron chi connectivity index (χ2n) is 6.60. The lowest BCUT2D eigenvalue weighted by molar-refractivity contribution is 0.0729. The Morgan fingerprint density at radius 2 is 1.89 bits per heavy atom.